The summed E-state index contributed by atoms with van der Waals surface area (Å²) in [6.07, 6.45) is 76.0. The van der Waals surface area contributed by atoms with Crippen molar-refractivity contribution in [2.45, 2.75) is 466 Å². The number of aliphatic hydroxyl groups excluding tert-OH is 8. The average molecular weight is 1400 g/mol. The van der Waals surface area contributed by atoms with Crippen molar-refractivity contribution < 1.29 is 64.6 Å². The summed E-state index contributed by atoms with van der Waals surface area (Å²) in [5.41, 5.74) is 0. The van der Waals surface area contributed by atoms with Crippen molar-refractivity contribution in [1.82, 2.24) is 5.32 Å². The van der Waals surface area contributed by atoms with Crippen LogP contribution in [0.3, 0.4) is 0 Å². The number of aliphatic hydroxyl groups is 8. The minimum absolute atomic E-state index is 0.197. The molecule has 14 heteroatoms. The van der Waals surface area contributed by atoms with Gasteiger partial charge >= 0.3 is 0 Å². The van der Waals surface area contributed by atoms with E-state index in [1.807, 2.05) is 0 Å². The molecule has 0 bridgehead atoms. The van der Waals surface area contributed by atoms with Crippen LogP contribution < -0.4 is 5.32 Å². The van der Waals surface area contributed by atoms with Gasteiger partial charge in [-0.25, -0.2) is 0 Å². The Morgan fingerprint density at radius 2 is 0.697 bits per heavy atom. The molecule has 2 aliphatic rings. The molecular formula is C85H159NO13. The minimum atomic E-state index is -1.78. The van der Waals surface area contributed by atoms with Crippen molar-refractivity contribution in [3.63, 3.8) is 0 Å². The molecule has 0 aromatic carbocycles. The standard InChI is InChI=1S/C85H159NO13/c1-3-5-7-9-11-13-15-17-19-21-23-25-27-29-31-32-33-34-35-36-37-38-39-40-41-42-43-45-47-49-51-53-55-57-59-61-63-65-67-69-77(90)86-73(72-96-84-82(95)80(93)83(76(71-88)98-84)99-85-81(94)79(92)78(91)75(70-87)97-85)74(89)68-66-64-62-60-58-56-54-52-50-48-46-44-30-28-26-24-22-20-18-16-14-12-10-8-6-4-2/h5,7,11,13,17,19,23,25,73-76,78-85,87-89,91-95H,3-4,6,8-10,12,14-16,18,20-22,24,26-72H2,1-2H3,(H,86,90)/b7-5-,13-11-,19-17-,25-23-. The summed E-state index contributed by atoms with van der Waals surface area (Å²) in [6, 6.07) is -0.829. The minimum Gasteiger partial charge on any atom is -0.394 e. The molecule has 2 fully saturated rings. The van der Waals surface area contributed by atoms with Gasteiger partial charge in [0, 0.05) is 6.42 Å². The number of allylic oxidation sites excluding steroid dienone is 8. The van der Waals surface area contributed by atoms with Gasteiger partial charge in [0.25, 0.3) is 0 Å². The highest BCUT2D eigenvalue weighted by atomic mass is 16.7. The highest BCUT2D eigenvalue weighted by Gasteiger charge is 2.51. The van der Waals surface area contributed by atoms with E-state index in [1.54, 1.807) is 0 Å². The molecular weight excluding hydrogens is 1240 g/mol. The summed E-state index contributed by atoms with van der Waals surface area (Å²) in [6.45, 7) is 2.82. The van der Waals surface area contributed by atoms with Crippen molar-refractivity contribution in [2.24, 2.45) is 0 Å². The van der Waals surface area contributed by atoms with Crippen LogP contribution in [-0.2, 0) is 23.7 Å². The van der Waals surface area contributed by atoms with Gasteiger partial charge in [-0.2, -0.15) is 0 Å². The fourth-order valence-electron chi connectivity index (χ4n) is 14.2. The van der Waals surface area contributed by atoms with Gasteiger partial charge in [-0.1, -0.05) is 383 Å². The highest BCUT2D eigenvalue weighted by molar-refractivity contribution is 5.76. The van der Waals surface area contributed by atoms with Gasteiger partial charge in [0.2, 0.25) is 5.91 Å². The summed E-state index contributed by atoms with van der Waals surface area (Å²) >= 11 is 0. The first-order valence-electron chi connectivity index (χ1n) is 42.4. The molecule has 0 saturated carbocycles. The van der Waals surface area contributed by atoms with E-state index in [-0.39, 0.29) is 12.5 Å². The number of hydrogen-bond acceptors (Lipinski definition) is 13. The van der Waals surface area contributed by atoms with Crippen molar-refractivity contribution in [3.8, 4) is 0 Å². The van der Waals surface area contributed by atoms with Crippen molar-refractivity contribution in [3.05, 3.63) is 48.6 Å². The predicted octanol–water partition coefficient (Wildman–Crippen LogP) is 19.8. The van der Waals surface area contributed by atoms with Crippen LogP contribution in [0, 0.1) is 0 Å². The zero-order valence-electron chi connectivity index (χ0n) is 64.0. The van der Waals surface area contributed by atoms with Crippen LogP contribution in [0.5, 0.6) is 0 Å². The van der Waals surface area contributed by atoms with Gasteiger partial charge in [0.1, 0.15) is 48.8 Å². The molecule has 12 unspecified atom stereocenters. The first-order valence-corrected chi connectivity index (χ1v) is 42.4. The third kappa shape index (κ3) is 51.7. The normalized spacial score (nSPS) is 22.1. The molecule has 2 heterocycles. The monoisotopic (exact) mass is 1400 g/mol. The van der Waals surface area contributed by atoms with E-state index in [0.29, 0.717) is 12.8 Å². The number of carbonyl (C=O) groups is 1. The molecule has 12 atom stereocenters. The first kappa shape index (κ1) is 93.0. The number of ether oxygens (including phenoxy) is 4. The molecule has 0 aromatic rings. The summed E-state index contributed by atoms with van der Waals surface area (Å²) < 4.78 is 23.0. The fourth-order valence-corrected chi connectivity index (χ4v) is 14.2. The quantitative estimate of drug-likeness (QED) is 0.0204. The number of carbonyl (C=O) groups excluding carboxylic acids is 1. The van der Waals surface area contributed by atoms with Gasteiger partial charge in [-0.05, 0) is 51.4 Å². The van der Waals surface area contributed by atoms with Crippen molar-refractivity contribution in [1.29, 1.82) is 0 Å². The Morgan fingerprint density at radius 3 is 1.07 bits per heavy atom. The number of amides is 1. The van der Waals surface area contributed by atoms with Crippen LogP contribution in [-0.4, -0.2) is 140 Å². The molecule has 0 radical (unpaired) electrons. The maximum Gasteiger partial charge on any atom is 0.220 e. The van der Waals surface area contributed by atoms with Crippen LogP contribution >= 0.6 is 0 Å². The second-order valence-corrected chi connectivity index (χ2v) is 29.9. The largest absolute Gasteiger partial charge is 0.394 e. The summed E-state index contributed by atoms with van der Waals surface area (Å²) in [5.74, 6) is -0.197. The Kier molecular flexibility index (Phi) is 64.9. The average Bonchev–Trinajstić information content (AvgIpc) is 0.794. The number of unbranched alkanes of at least 4 members (excludes halogenated alkanes) is 51. The molecule has 2 aliphatic heterocycles. The second-order valence-electron chi connectivity index (χ2n) is 29.9. The molecule has 14 nitrogen and oxygen atoms in total. The Labute approximate surface area is 607 Å². The molecule has 99 heavy (non-hydrogen) atoms. The number of rotatable bonds is 72. The fraction of sp³-hybridized carbons (Fsp3) is 0.894. The van der Waals surface area contributed by atoms with Crippen LogP contribution in [0.1, 0.15) is 393 Å². The van der Waals surface area contributed by atoms with Gasteiger partial charge in [-0.15, -0.1) is 0 Å². The van der Waals surface area contributed by atoms with E-state index in [4.69, 9.17) is 18.9 Å². The Hall–Kier alpha value is -2.05. The van der Waals surface area contributed by atoms with Crippen LogP contribution in [0.25, 0.3) is 0 Å². The molecule has 2 saturated heterocycles. The zero-order chi connectivity index (χ0) is 71.5. The lowest BCUT2D eigenvalue weighted by atomic mass is 9.97. The highest BCUT2D eigenvalue weighted by Crippen LogP contribution is 2.31. The molecule has 0 aromatic heterocycles. The molecule has 582 valence electrons. The first-order chi connectivity index (χ1) is 48.6. The van der Waals surface area contributed by atoms with Crippen molar-refractivity contribution in [2.75, 3.05) is 19.8 Å². The lowest BCUT2D eigenvalue weighted by molar-refractivity contribution is -0.359. The van der Waals surface area contributed by atoms with Gasteiger partial charge in [0.15, 0.2) is 12.6 Å². The topological polar surface area (TPSA) is 228 Å². The van der Waals surface area contributed by atoms with Gasteiger partial charge in [-0.3, -0.25) is 4.79 Å². The van der Waals surface area contributed by atoms with Crippen LogP contribution in [0.2, 0.25) is 0 Å². The third-order valence-corrected chi connectivity index (χ3v) is 20.8. The molecule has 1 amide bonds. The van der Waals surface area contributed by atoms with E-state index in [9.17, 15) is 45.6 Å². The summed E-state index contributed by atoms with van der Waals surface area (Å²) in [4.78, 5) is 13.4. The van der Waals surface area contributed by atoms with Crippen molar-refractivity contribution >= 4 is 5.91 Å². The summed E-state index contributed by atoms with van der Waals surface area (Å²) in [5, 5.41) is 87.9. The maximum atomic E-state index is 13.4. The SMILES string of the molecule is CC/C=C\C/C=C\C/C=C\C/C=C\CCCCCCCCCCCCCCCCCCCCCCCCCCCCC(=O)NC(COC1OC(CO)C(OC2OC(CO)C(O)C(O)C2O)C(O)C1O)C(O)CCCCCCCCCCCCCCCCCCCCCCCCCCCC. The smallest absolute Gasteiger partial charge is 0.220 e. The van der Waals surface area contributed by atoms with Gasteiger partial charge < -0.3 is 65.1 Å². The maximum absolute atomic E-state index is 13.4. The van der Waals surface area contributed by atoms with Crippen LogP contribution in [0.15, 0.2) is 48.6 Å². The second kappa shape index (κ2) is 69.0. The van der Waals surface area contributed by atoms with E-state index in [1.165, 1.54) is 289 Å². The summed E-state index contributed by atoms with van der Waals surface area (Å²) in [7, 11) is 0. The number of hydrogen-bond donors (Lipinski definition) is 9. The van der Waals surface area contributed by atoms with Crippen LogP contribution in [0.4, 0.5) is 0 Å². The Bertz CT molecular complexity index is 1850. The zero-order valence-corrected chi connectivity index (χ0v) is 64.0. The lowest BCUT2D eigenvalue weighted by Gasteiger charge is -2.46. The molecule has 2 rings (SSSR count). The van der Waals surface area contributed by atoms with E-state index in [0.717, 1.165) is 77.0 Å². The third-order valence-electron chi connectivity index (χ3n) is 20.8. The van der Waals surface area contributed by atoms with E-state index >= 15 is 0 Å². The predicted molar refractivity (Wildman–Crippen MR) is 411 cm³/mol. The Balaban J connectivity index is 1.56. The lowest BCUT2D eigenvalue weighted by Crippen LogP contribution is -2.65. The van der Waals surface area contributed by atoms with E-state index < -0.39 is 86.8 Å². The molecule has 9 N–H and O–H groups in total. The van der Waals surface area contributed by atoms with E-state index in [2.05, 4.69) is 67.8 Å². The Morgan fingerprint density at radius 1 is 0.374 bits per heavy atom. The number of nitrogens with one attached hydrogen (secondary N) is 1. The van der Waals surface area contributed by atoms with Gasteiger partial charge in [0.05, 0.1) is 32.0 Å². The molecule has 0 aliphatic carbocycles. The molecule has 0 spiro atoms.